The standard InChI is InChI=1S/C18H21BrClN/c1-18(2,3)14-8-5-12(6-9-14)17(21-4)13-7-10-15(19)16(20)11-13/h5-11,17,21H,1-4H3. The van der Waals surface area contributed by atoms with Crippen LogP contribution in [-0.2, 0) is 5.41 Å². The van der Waals surface area contributed by atoms with Crippen molar-refractivity contribution < 1.29 is 0 Å². The van der Waals surface area contributed by atoms with Crippen LogP contribution in [-0.4, -0.2) is 7.05 Å². The number of hydrogen-bond donors (Lipinski definition) is 1. The quantitative estimate of drug-likeness (QED) is 0.733. The third-order valence-corrected chi connectivity index (χ3v) is 4.91. The van der Waals surface area contributed by atoms with E-state index in [4.69, 9.17) is 11.6 Å². The van der Waals surface area contributed by atoms with Gasteiger partial charge in [0.25, 0.3) is 0 Å². The van der Waals surface area contributed by atoms with Crippen LogP contribution in [0.1, 0.15) is 43.5 Å². The number of hydrogen-bond acceptors (Lipinski definition) is 1. The Bertz CT molecular complexity index is 614. The van der Waals surface area contributed by atoms with Gasteiger partial charge in [0.1, 0.15) is 0 Å². The van der Waals surface area contributed by atoms with E-state index in [1.54, 1.807) is 0 Å². The lowest BCUT2D eigenvalue weighted by molar-refractivity contribution is 0.589. The van der Waals surface area contributed by atoms with Crippen LogP contribution < -0.4 is 5.32 Å². The summed E-state index contributed by atoms with van der Waals surface area (Å²) in [6.45, 7) is 6.68. The zero-order valence-electron chi connectivity index (χ0n) is 12.9. The molecule has 1 N–H and O–H groups in total. The summed E-state index contributed by atoms with van der Waals surface area (Å²) in [4.78, 5) is 0. The molecular formula is C18H21BrClN. The van der Waals surface area contributed by atoms with Crippen molar-refractivity contribution in [2.45, 2.75) is 32.2 Å². The van der Waals surface area contributed by atoms with Gasteiger partial charge in [-0.15, -0.1) is 0 Å². The van der Waals surface area contributed by atoms with Gasteiger partial charge in [-0.25, -0.2) is 0 Å². The Morgan fingerprint density at radius 3 is 2.05 bits per heavy atom. The van der Waals surface area contributed by atoms with Gasteiger partial charge < -0.3 is 5.32 Å². The summed E-state index contributed by atoms with van der Waals surface area (Å²) in [5, 5.41) is 4.10. The Balaban J connectivity index is 2.35. The van der Waals surface area contributed by atoms with Gasteiger partial charge in [-0.05, 0) is 57.2 Å². The van der Waals surface area contributed by atoms with Crippen molar-refractivity contribution >= 4 is 27.5 Å². The average Bonchev–Trinajstić information content (AvgIpc) is 2.43. The maximum Gasteiger partial charge on any atom is 0.0574 e. The van der Waals surface area contributed by atoms with E-state index in [0.717, 1.165) is 15.1 Å². The Kier molecular flexibility index (Phi) is 5.13. The third kappa shape index (κ3) is 3.88. The number of benzene rings is 2. The molecule has 0 saturated heterocycles. The molecule has 0 aliphatic rings. The van der Waals surface area contributed by atoms with Gasteiger partial charge in [0, 0.05) is 4.47 Å². The van der Waals surface area contributed by atoms with Gasteiger partial charge in [0.15, 0.2) is 0 Å². The smallest absolute Gasteiger partial charge is 0.0574 e. The SMILES string of the molecule is CNC(c1ccc(C(C)(C)C)cc1)c1ccc(Br)c(Cl)c1. The fourth-order valence-corrected chi connectivity index (χ4v) is 2.83. The second-order valence-electron chi connectivity index (χ2n) is 6.27. The highest BCUT2D eigenvalue weighted by Crippen LogP contribution is 2.30. The highest BCUT2D eigenvalue weighted by Gasteiger charge is 2.16. The first-order chi connectivity index (χ1) is 9.82. The lowest BCUT2D eigenvalue weighted by atomic mass is 9.86. The molecular weight excluding hydrogens is 346 g/mol. The molecule has 1 nitrogen and oxygen atoms in total. The van der Waals surface area contributed by atoms with Crippen molar-refractivity contribution in [3.63, 3.8) is 0 Å². The zero-order chi connectivity index (χ0) is 15.6. The second kappa shape index (κ2) is 6.51. The van der Waals surface area contributed by atoms with Crippen LogP contribution in [0.15, 0.2) is 46.9 Å². The predicted molar refractivity (Wildman–Crippen MR) is 95.2 cm³/mol. The molecule has 0 saturated carbocycles. The third-order valence-electron chi connectivity index (χ3n) is 3.68. The van der Waals surface area contributed by atoms with Crippen LogP contribution >= 0.6 is 27.5 Å². The van der Waals surface area contributed by atoms with Gasteiger partial charge in [-0.2, -0.15) is 0 Å². The molecule has 0 aliphatic heterocycles. The molecule has 0 bridgehead atoms. The lowest BCUT2D eigenvalue weighted by Crippen LogP contribution is -2.18. The van der Waals surface area contributed by atoms with Crippen LogP contribution in [0.2, 0.25) is 5.02 Å². The number of halogens is 2. The highest BCUT2D eigenvalue weighted by atomic mass is 79.9. The molecule has 112 valence electrons. The van der Waals surface area contributed by atoms with Crippen molar-refractivity contribution in [3.8, 4) is 0 Å². The topological polar surface area (TPSA) is 12.0 Å². The minimum atomic E-state index is 0.143. The van der Waals surface area contributed by atoms with E-state index < -0.39 is 0 Å². The average molecular weight is 367 g/mol. The largest absolute Gasteiger partial charge is 0.309 e. The molecule has 2 rings (SSSR count). The Hall–Kier alpha value is -0.830. The van der Waals surface area contributed by atoms with Crippen LogP contribution in [0.5, 0.6) is 0 Å². The van der Waals surface area contributed by atoms with E-state index in [1.165, 1.54) is 11.1 Å². The van der Waals surface area contributed by atoms with Gasteiger partial charge in [-0.1, -0.05) is 62.7 Å². The molecule has 0 spiro atoms. The molecule has 0 amide bonds. The lowest BCUT2D eigenvalue weighted by Gasteiger charge is -2.22. The summed E-state index contributed by atoms with van der Waals surface area (Å²) in [5.41, 5.74) is 3.92. The van der Waals surface area contributed by atoms with Crippen molar-refractivity contribution in [1.29, 1.82) is 0 Å². The molecule has 0 aliphatic carbocycles. The molecule has 0 aromatic heterocycles. The first-order valence-electron chi connectivity index (χ1n) is 7.05. The van der Waals surface area contributed by atoms with Crippen molar-refractivity contribution in [2.24, 2.45) is 0 Å². The van der Waals surface area contributed by atoms with Gasteiger partial charge in [0.05, 0.1) is 11.1 Å². The summed E-state index contributed by atoms with van der Waals surface area (Å²) >= 11 is 9.65. The van der Waals surface area contributed by atoms with E-state index in [2.05, 4.69) is 72.3 Å². The first kappa shape index (κ1) is 16.5. The van der Waals surface area contributed by atoms with Crippen LogP contribution in [0.3, 0.4) is 0 Å². The van der Waals surface area contributed by atoms with E-state index in [0.29, 0.717) is 0 Å². The normalized spacial score (nSPS) is 13.2. The molecule has 21 heavy (non-hydrogen) atoms. The van der Waals surface area contributed by atoms with Crippen LogP contribution in [0.25, 0.3) is 0 Å². The fourth-order valence-electron chi connectivity index (χ4n) is 2.39. The zero-order valence-corrected chi connectivity index (χ0v) is 15.2. The monoisotopic (exact) mass is 365 g/mol. The molecule has 0 heterocycles. The van der Waals surface area contributed by atoms with Gasteiger partial charge in [0.2, 0.25) is 0 Å². The molecule has 2 aromatic rings. The second-order valence-corrected chi connectivity index (χ2v) is 7.53. The maximum absolute atomic E-state index is 6.21. The van der Waals surface area contributed by atoms with Gasteiger partial charge in [-0.3, -0.25) is 0 Å². The molecule has 3 heteroatoms. The molecule has 2 aromatic carbocycles. The minimum absolute atomic E-state index is 0.143. The van der Waals surface area contributed by atoms with Crippen LogP contribution in [0.4, 0.5) is 0 Å². The first-order valence-corrected chi connectivity index (χ1v) is 8.22. The minimum Gasteiger partial charge on any atom is -0.309 e. The summed E-state index contributed by atoms with van der Waals surface area (Å²) < 4.78 is 0.922. The summed E-state index contributed by atoms with van der Waals surface area (Å²) in [5.74, 6) is 0. The number of rotatable bonds is 3. The summed E-state index contributed by atoms with van der Waals surface area (Å²) in [7, 11) is 1.97. The molecule has 1 atom stereocenters. The maximum atomic E-state index is 6.21. The van der Waals surface area contributed by atoms with Crippen molar-refractivity contribution in [3.05, 3.63) is 68.7 Å². The van der Waals surface area contributed by atoms with E-state index >= 15 is 0 Å². The van der Waals surface area contributed by atoms with Crippen molar-refractivity contribution in [1.82, 2.24) is 5.32 Å². The summed E-state index contributed by atoms with van der Waals surface area (Å²) in [6, 6.07) is 15.0. The molecule has 0 fully saturated rings. The Morgan fingerprint density at radius 2 is 1.57 bits per heavy atom. The molecule has 1 unspecified atom stereocenters. The Labute approximate surface area is 140 Å². The van der Waals surface area contributed by atoms with E-state index in [1.807, 2.05) is 19.2 Å². The highest BCUT2D eigenvalue weighted by molar-refractivity contribution is 9.10. The van der Waals surface area contributed by atoms with E-state index in [-0.39, 0.29) is 11.5 Å². The Morgan fingerprint density at radius 1 is 1.00 bits per heavy atom. The van der Waals surface area contributed by atoms with Gasteiger partial charge >= 0.3 is 0 Å². The number of nitrogens with one attached hydrogen (secondary N) is 1. The van der Waals surface area contributed by atoms with Crippen molar-refractivity contribution in [2.75, 3.05) is 7.05 Å². The molecule has 0 radical (unpaired) electrons. The van der Waals surface area contributed by atoms with Crippen LogP contribution in [0, 0.1) is 0 Å². The van der Waals surface area contributed by atoms with E-state index in [9.17, 15) is 0 Å². The summed E-state index contributed by atoms with van der Waals surface area (Å²) in [6.07, 6.45) is 0. The predicted octanol–water partition coefficient (Wildman–Crippen LogP) is 5.71. The fraction of sp³-hybridized carbons (Fsp3) is 0.333.